The summed E-state index contributed by atoms with van der Waals surface area (Å²) in [7, 11) is 1.76. The Morgan fingerprint density at radius 1 is 0.952 bits per heavy atom. The zero-order valence-corrected chi connectivity index (χ0v) is 22.1. The number of hydrogen-bond acceptors (Lipinski definition) is 6. The molecule has 0 spiro atoms. The first kappa shape index (κ1) is 32.4. The van der Waals surface area contributed by atoms with Crippen molar-refractivity contribution in [3.8, 4) is 5.69 Å². The molecule has 2 aromatic heterocycles. The second kappa shape index (κ2) is 13.7. The molecule has 0 atom stereocenters. The summed E-state index contributed by atoms with van der Waals surface area (Å²) in [5.74, 6) is -3.01. The number of rotatable bonds is 10. The van der Waals surface area contributed by atoms with E-state index in [1.54, 1.807) is 34.5 Å². The number of benzene rings is 2. The maximum atomic E-state index is 13.0. The van der Waals surface area contributed by atoms with E-state index in [1.165, 1.54) is 12.1 Å². The van der Waals surface area contributed by atoms with E-state index < -0.39 is 23.9 Å². The molecule has 228 valence electrons. The van der Waals surface area contributed by atoms with Crippen LogP contribution in [-0.2, 0) is 27.5 Å². The maximum Gasteiger partial charge on any atom is 0.490 e. The van der Waals surface area contributed by atoms with Gasteiger partial charge in [0, 0.05) is 48.4 Å². The van der Waals surface area contributed by atoms with Crippen LogP contribution in [0.15, 0.2) is 48.7 Å². The SMILES string of the molecule is Cn1cc2c3cc(C(=O)NCCOCCOCCN)ccc3n(-c3ccc(C(F)(F)F)cc3)c2n1.O=C(O)C(F)(F)F. The van der Waals surface area contributed by atoms with E-state index in [4.69, 9.17) is 25.1 Å². The standard InChI is InChI=1S/C24H26F3N5O3.C2HF3O2/c1-31-15-20-19-14-16(23(33)29-9-11-35-13-12-34-10-8-28)2-7-21(19)32(22(20)30-31)18-5-3-17(4-6-18)24(25,26)27;3-2(4,5)1(6)7/h2-7,14-15H,8-13,28H2,1H3,(H,29,33);(H,6,7). The molecule has 0 aliphatic carbocycles. The molecule has 0 aliphatic heterocycles. The third-order valence-corrected chi connectivity index (χ3v) is 5.67. The molecule has 0 saturated carbocycles. The quantitative estimate of drug-likeness (QED) is 0.185. The highest BCUT2D eigenvalue weighted by atomic mass is 19.4. The lowest BCUT2D eigenvalue weighted by Crippen LogP contribution is -2.27. The molecule has 0 unspecified atom stereocenters. The topological polar surface area (TPSA) is 134 Å². The van der Waals surface area contributed by atoms with Gasteiger partial charge in [-0.2, -0.15) is 31.4 Å². The number of nitrogens with two attached hydrogens (primary N) is 1. The van der Waals surface area contributed by atoms with Crippen LogP contribution >= 0.6 is 0 Å². The van der Waals surface area contributed by atoms with Gasteiger partial charge in [-0.15, -0.1) is 0 Å². The number of carbonyl (C=O) groups excluding carboxylic acids is 1. The third-order valence-electron chi connectivity index (χ3n) is 5.67. The molecule has 0 fully saturated rings. The molecule has 2 heterocycles. The van der Waals surface area contributed by atoms with Gasteiger partial charge in [0.2, 0.25) is 0 Å². The Bertz CT molecular complexity index is 1510. The van der Waals surface area contributed by atoms with Gasteiger partial charge in [0.15, 0.2) is 5.65 Å². The Kier molecular flexibility index (Phi) is 10.5. The van der Waals surface area contributed by atoms with Crippen LogP contribution in [0.1, 0.15) is 15.9 Å². The predicted molar refractivity (Wildman–Crippen MR) is 139 cm³/mol. The minimum atomic E-state index is -5.08. The number of nitrogens with one attached hydrogen (secondary N) is 1. The minimum absolute atomic E-state index is 0.255. The smallest absolute Gasteiger partial charge is 0.475 e. The van der Waals surface area contributed by atoms with Gasteiger partial charge in [0.1, 0.15) is 0 Å². The van der Waals surface area contributed by atoms with Crippen molar-refractivity contribution in [2.24, 2.45) is 12.8 Å². The number of hydrogen-bond donors (Lipinski definition) is 3. The van der Waals surface area contributed by atoms with Gasteiger partial charge < -0.3 is 25.6 Å². The lowest BCUT2D eigenvalue weighted by molar-refractivity contribution is -0.192. The first-order valence-corrected chi connectivity index (χ1v) is 12.3. The number of alkyl halides is 6. The lowest BCUT2D eigenvalue weighted by Gasteiger charge is -2.10. The van der Waals surface area contributed by atoms with Gasteiger partial charge in [0.25, 0.3) is 5.91 Å². The number of amides is 1. The number of aromatic nitrogens is 3. The molecular weight excluding hydrogens is 576 g/mol. The van der Waals surface area contributed by atoms with E-state index in [0.29, 0.717) is 56.4 Å². The molecule has 42 heavy (non-hydrogen) atoms. The van der Waals surface area contributed by atoms with Crippen molar-refractivity contribution in [2.75, 3.05) is 39.5 Å². The number of carboxylic acid groups (broad SMARTS) is 1. The lowest BCUT2D eigenvalue weighted by atomic mass is 10.1. The molecule has 10 nitrogen and oxygen atoms in total. The van der Waals surface area contributed by atoms with Crippen molar-refractivity contribution in [2.45, 2.75) is 12.4 Å². The van der Waals surface area contributed by atoms with Crippen LogP contribution in [0.4, 0.5) is 26.3 Å². The van der Waals surface area contributed by atoms with Crippen molar-refractivity contribution in [1.82, 2.24) is 19.7 Å². The average molecular weight is 604 g/mol. The second-order valence-corrected chi connectivity index (χ2v) is 8.72. The van der Waals surface area contributed by atoms with Gasteiger partial charge in [-0.25, -0.2) is 4.79 Å². The van der Waals surface area contributed by atoms with E-state index in [0.717, 1.165) is 28.4 Å². The summed E-state index contributed by atoms with van der Waals surface area (Å²) >= 11 is 0. The Morgan fingerprint density at radius 2 is 1.57 bits per heavy atom. The number of halogens is 6. The molecule has 2 aromatic carbocycles. The van der Waals surface area contributed by atoms with Gasteiger partial charge in [-0.1, -0.05) is 0 Å². The zero-order chi connectivity index (χ0) is 31.1. The summed E-state index contributed by atoms with van der Waals surface area (Å²) in [6.45, 7) is 2.48. The fourth-order valence-corrected chi connectivity index (χ4v) is 3.84. The number of nitrogens with zero attached hydrogens (tertiary/aromatic N) is 3. The van der Waals surface area contributed by atoms with Crippen LogP contribution in [-0.4, -0.2) is 77.0 Å². The van der Waals surface area contributed by atoms with Crippen LogP contribution in [0.2, 0.25) is 0 Å². The summed E-state index contributed by atoms with van der Waals surface area (Å²) < 4.78 is 84.8. The number of aryl methyl sites for hydroxylation is 1. The van der Waals surface area contributed by atoms with Gasteiger partial charge in [-0.05, 0) is 42.5 Å². The fraction of sp³-hybridized carbons (Fsp3) is 0.346. The minimum Gasteiger partial charge on any atom is -0.475 e. The molecule has 0 aliphatic rings. The molecule has 0 bridgehead atoms. The van der Waals surface area contributed by atoms with Crippen molar-refractivity contribution in [3.63, 3.8) is 0 Å². The first-order chi connectivity index (χ1) is 19.7. The zero-order valence-electron chi connectivity index (χ0n) is 22.1. The molecule has 1 amide bonds. The summed E-state index contributed by atoms with van der Waals surface area (Å²) in [6, 6.07) is 10.1. The normalized spacial score (nSPS) is 11.9. The molecule has 0 saturated heterocycles. The van der Waals surface area contributed by atoms with Crippen molar-refractivity contribution < 1.29 is 50.5 Å². The summed E-state index contributed by atoms with van der Waals surface area (Å²) in [6.07, 6.45) is -7.68. The fourth-order valence-electron chi connectivity index (χ4n) is 3.84. The molecule has 0 radical (unpaired) electrons. The van der Waals surface area contributed by atoms with Crippen molar-refractivity contribution in [1.29, 1.82) is 0 Å². The maximum absolute atomic E-state index is 13.0. The van der Waals surface area contributed by atoms with Crippen molar-refractivity contribution in [3.05, 3.63) is 59.8 Å². The van der Waals surface area contributed by atoms with Crippen LogP contribution in [0.5, 0.6) is 0 Å². The van der Waals surface area contributed by atoms with Gasteiger partial charge in [-0.3, -0.25) is 14.0 Å². The molecule has 4 aromatic rings. The highest BCUT2D eigenvalue weighted by molar-refractivity contribution is 6.10. The van der Waals surface area contributed by atoms with E-state index in [1.807, 2.05) is 6.20 Å². The number of carbonyl (C=O) groups is 2. The monoisotopic (exact) mass is 603 g/mol. The third kappa shape index (κ3) is 8.20. The highest BCUT2D eigenvalue weighted by Crippen LogP contribution is 2.34. The summed E-state index contributed by atoms with van der Waals surface area (Å²) in [4.78, 5) is 21.6. The van der Waals surface area contributed by atoms with E-state index in [-0.39, 0.29) is 5.91 Å². The van der Waals surface area contributed by atoms with Crippen molar-refractivity contribution >= 4 is 33.8 Å². The molecular formula is C26H27F6N5O5. The Labute approximate surface area is 234 Å². The number of aliphatic carboxylic acids is 1. The summed E-state index contributed by atoms with van der Waals surface area (Å²) in [5.41, 5.74) is 6.94. The van der Waals surface area contributed by atoms with Gasteiger partial charge in [0.05, 0.1) is 37.5 Å². The van der Waals surface area contributed by atoms with Crippen LogP contribution < -0.4 is 11.1 Å². The highest BCUT2D eigenvalue weighted by Gasteiger charge is 2.38. The van der Waals surface area contributed by atoms with E-state index >= 15 is 0 Å². The number of carboxylic acids is 1. The van der Waals surface area contributed by atoms with Gasteiger partial charge >= 0.3 is 18.3 Å². The second-order valence-electron chi connectivity index (χ2n) is 8.72. The van der Waals surface area contributed by atoms with Crippen LogP contribution in [0.25, 0.3) is 27.6 Å². The molecule has 4 rings (SSSR count). The molecule has 4 N–H and O–H groups in total. The largest absolute Gasteiger partial charge is 0.490 e. The van der Waals surface area contributed by atoms with E-state index in [9.17, 15) is 31.1 Å². The summed E-state index contributed by atoms with van der Waals surface area (Å²) in [5, 5.41) is 16.0. The Morgan fingerprint density at radius 3 is 2.14 bits per heavy atom. The Hall–Kier alpha value is -4.15. The Balaban J connectivity index is 0.000000616. The van der Waals surface area contributed by atoms with E-state index in [2.05, 4.69) is 10.4 Å². The van der Waals surface area contributed by atoms with Crippen LogP contribution in [0.3, 0.4) is 0 Å². The predicted octanol–water partition coefficient (Wildman–Crippen LogP) is 3.89. The molecule has 16 heteroatoms. The van der Waals surface area contributed by atoms with Crippen LogP contribution in [0, 0.1) is 0 Å². The first-order valence-electron chi connectivity index (χ1n) is 12.3. The number of fused-ring (bicyclic) bond motifs is 3. The number of ether oxygens (including phenoxy) is 2. The average Bonchev–Trinajstić information content (AvgIpc) is 3.43.